The van der Waals surface area contributed by atoms with E-state index in [1.807, 2.05) is 31.2 Å². The van der Waals surface area contributed by atoms with Crippen molar-refractivity contribution in [2.45, 2.75) is 26.8 Å². The molecule has 0 aliphatic carbocycles. The number of nitrogens with zero attached hydrogens (tertiary/aromatic N) is 2. The van der Waals surface area contributed by atoms with Gasteiger partial charge in [0.2, 0.25) is 5.91 Å². The predicted molar refractivity (Wildman–Crippen MR) is 75.6 cm³/mol. The van der Waals surface area contributed by atoms with E-state index in [1.165, 1.54) is 11.2 Å². The zero-order valence-corrected chi connectivity index (χ0v) is 12.5. The molecule has 1 saturated heterocycles. The van der Waals surface area contributed by atoms with Crippen LogP contribution >= 0.6 is 0 Å². The Morgan fingerprint density at radius 3 is 2.75 bits per heavy atom. The molecule has 0 spiro atoms. The van der Waals surface area contributed by atoms with Gasteiger partial charge in [-0.3, -0.25) is 10.2 Å². The van der Waals surface area contributed by atoms with E-state index in [2.05, 4.69) is 5.43 Å². The third kappa shape index (κ3) is 3.36. The zero-order valence-electron chi connectivity index (χ0n) is 11.7. The molecule has 0 radical (unpaired) electrons. The van der Waals surface area contributed by atoms with Gasteiger partial charge < -0.3 is 0 Å². The summed E-state index contributed by atoms with van der Waals surface area (Å²) >= 11 is 0. The molecule has 7 heteroatoms. The maximum absolute atomic E-state index is 12.4. The van der Waals surface area contributed by atoms with Crippen molar-refractivity contribution in [1.29, 1.82) is 0 Å². The van der Waals surface area contributed by atoms with Crippen molar-refractivity contribution in [3.8, 4) is 0 Å². The van der Waals surface area contributed by atoms with Crippen LogP contribution in [0.4, 0.5) is 0 Å². The number of benzene rings is 1. The topological polar surface area (TPSA) is 69.7 Å². The van der Waals surface area contributed by atoms with Crippen LogP contribution in [-0.4, -0.2) is 36.1 Å². The first-order chi connectivity index (χ1) is 9.39. The monoisotopic (exact) mass is 297 g/mol. The van der Waals surface area contributed by atoms with Gasteiger partial charge in [-0.2, -0.15) is 12.7 Å². The van der Waals surface area contributed by atoms with E-state index in [4.69, 9.17) is 0 Å². The molecule has 1 fully saturated rings. The predicted octanol–water partition coefficient (Wildman–Crippen LogP) is 0.799. The van der Waals surface area contributed by atoms with Crippen molar-refractivity contribution in [1.82, 2.24) is 14.1 Å². The molecule has 1 aromatic carbocycles. The van der Waals surface area contributed by atoms with Crippen LogP contribution in [0.5, 0.6) is 0 Å². The summed E-state index contributed by atoms with van der Waals surface area (Å²) in [6.45, 7) is 4.37. The molecule has 0 bridgehead atoms. The fourth-order valence-corrected chi connectivity index (χ4v) is 3.78. The molecule has 1 aromatic rings. The molecule has 20 heavy (non-hydrogen) atoms. The molecule has 1 amide bonds. The molecule has 1 aliphatic heterocycles. The van der Waals surface area contributed by atoms with Crippen molar-refractivity contribution in [2.75, 3.05) is 13.1 Å². The highest BCUT2D eigenvalue weighted by molar-refractivity contribution is 7.86. The Morgan fingerprint density at radius 1 is 1.35 bits per heavy atom. The summed E-state index contributed by atoms with van der Waals surface area (Å²) in [5.41, 5.74) is 4.40. The second kappa shape index (κ2) is 5.90. The molecule has 6 nitrogen and oxygen atoms in total. The van der Waals surface area contributed by atoms with E-state index in [-0.39, 0.29) is 5.91 Å². The summed E-state index contributed by atoms with van der Waals surface area (Å²) in [7, 11) is -3.64. The number of hydrazine groups is 1. The Morgan fingerprint density at radius 2 is 2.10 bits per heavy atom. The summed E-state index contributed by atoms with van der Waals surface area (Å²) in [4.78, 5) is 11.1. The number of aryl methyl sites for hydroxylation is 1. The van der Waals surface area contributed by atoms with Gasteiger partial charge in [0, 0.05) is 26.6 Å². The van der Waals surface area contributed by atoms with Crippen LogP contribution in [0.15, 0.2) is 24.3 Å². The van der Waals surface area contributed by atoms with Gasteiger partial charge in [0.25, 0.3) is 10.2 Å². The molecule has 1 heterocycles. The van der Waals surface area contributed by atoms with Crippen LogP contribution in [-0.2, 0) is 21.5 Å². The summed E-state index contributed by atoms with van der Waals surface area (Å²) in [6, 6.07) is 7.75. The van der Waals surface area contributed by atoms with E-state index in [0.717, 1.165) is 15.5 Å². The molecule has 0 unspecified atom stereocenters. The first-order valence-electron chi connectivity index (χ1n) is 6.50. The minimum atomic E-state index is -3.64. The average molecular weight is 297 g/mol. The summed E-state index contributed by atoms with van der Waals surface area (Å²) in [5.74, 6) is -0.383. The van der Waals surface area contributed by atoms with Gasteiger partial charge >= 0.3 is 0 Å². The van der Waals surface area contributed by atoms with E-state index >= 15 is 0 Å². The highest BCUT2D eigenvalue weighted by Gasteiger charge is 2.34. The lowest BCUT2D eigenvalue weighted by molar-refractivity contribution is -0.122. The lowest BCUT2D eigenvalue weighted by Crippen LogP contribution is -2.55. The Balaban J connectivity index is 2.17. The maximum Gasteiger partial charge on any atom is 0.299 e. The van der Waals surface area contributed by atoms with Crippen molar-refractivity contribution >= 4 is 16.1 Å². The first kappa shape index (κ1) is 15.0. The second-order valence-corrected chi connectivity index (χ2v) is 6.78. The highest BCUT2D eigenvalue weighted by Crippen LogP contribution is 2.18. The van der Waals surface area contributed by atoms with Crippen LogP contribution < -0.4 is 5.43 Å². The van der Waals surface area contributed by atoms with Crippen molar-refractivity contribution in [3.63, 3.8) is 0 Å². The SMILES string of the molecule is CC(=O)NN1CCCN(Cc2cccc(C)c2)S1(=O)=O. The van der Waals surface area contributed by atoms with Gasteiger partial charge in [-0.05, 0) is 18.9 Å². The molecular weight excluding hydrogens is 278 g/mol. The fourth-order valence-electron chi connectivity index (χ4n) is 2.22. The van der Waals surface area contributed by atoms with Crippen LogP contribution in [0.2, 0.25) is 0 Å². The molecule has 1 N–H and O–H groups in total. The van der Waals surface area contributed by atoms with Gasteiger partial charge in [-0.15, -0.1) is 4.41 Å². The third-order valence-electron chi connectivity index (χ3n) is 3.10. The smallest absolute Gasteiger partial charge is 0.275 e. The summed E-state index contributed by atoms with van der Waals surface area (Å²) in [5, 5.41) is 0. The van der Waals surface area contributed by atoms with Gasteiger partial charge in [0.15, 0.2) is 0 Å². The quantitative estimate of drug-likeness (QED) is 0.897. The van der Waals surface area contributed by atoms with Gasteiger partial charge in [0.1, 0.15) is 0 Å². The van der Waals surface area contributed by atoms with Gasteiger partial charge in [-0.25, -0.2) is 0 Å². The second-order valence-electron chi connectivity index (χ2n) is 4.92. The minimum Gasteiger partial charge on any atom is -0.275 e. The lowest BCUT2D eigenvalue weighted by atomic mass is 10.1. The average Bonchev–Trinajstić information content (AvgIpc) is 2.34. The van der Waals surface area contributed by atoms with Crippen LogP contribution in [0.1, 0.15) is 24.5 Å². The fraction of sp³-hybridized carbons (Fsp3) is 0.462. The van der Waals surface area contributed by atoms with Crippen LogP contribution in [0, 0.1) is 6.92 Å². The Bertz CT molecular complexity index is 601. The molecule has 2 rings (SSSR count). The molecule has 110 valence electrons. The van der Waals surface area contributed by atoms with E-state index < -0.39 is 10.2 Å². The molecule has 0 saturated carbocycles. The number of carbonyl (C=O) groups excluding carboxylic acids is 1. The van der Waals surface area contributed by atoms with Crippen molar-refractivity contribution in [2.24, 2.45) is 0 Å². The standard InChI is InChI=1S/C13H19N3O3S/c1-11-5-3-6-13(9-11)10-15-7-4-8-16(14-12(2)17)20(15,18)19/h3,5-6,9H,4,7-8,10H2,1-2H3,(H,14,17). The number of hydrogen-bond acceptors (Lipinski definition) is 3. The third-order valence-corrected chi connectivity index (χ3v) is 4.89. The number of hydrogen-bond donors (Lipinski definition) is 1. The molecule has 1 aliphatic rings. The molecular formula is C13H19N3O3S. The van der Waals surface area contributed by atoms with Gasteiger partial charge in [0.05, 0.1) is 0 Å². The van der Waals surface area contributed by atoms with Crippen LogP contribution in [0.25, 0.3) is 0 Å². The highest BCUT2D eigenvalue weighted by atomic mass is 32.2. The Labute approximate surface area is 119 Å². The van der Waals surface area contributed by atoms with Gasteiger partial charge in [-0.1, -0.05) is 29.8 Å². The van der Waals surface area contributed by atoms with Crippen molar-refractivity contribution < 1.29 is 13.2 Å². The maximum atomic E-state index is 12.4. The number of rotatable bonds is 3. The number of amides is 1. The zero-order chi connectivity index (χ0) is 14.8. The summed E-state index contributed by atoms with van der Waals surface area (Å²) < 4.78 is 27.2. The number of nitrogens with one attached hydrogen (secondary N) is 1. The van der Waals surface area contributed by atoms with Crippen molar-refractivity contribution in [3.05, 3.63) is 35.4 Å². The Hall–Kier alpha value is -1.44. The summed E-state index contributed by atoms with van der Waals surface area (Å²) in [6.07, 6.45) is 0.686. The molecule has 0 aromatic heterocycles. The van der Waals surface area contributed by atoms with E-state index in [1.54, 1.807) is 0 Å². The largest absolute Gasteiger partial charge is 0.299 e. The minimum absolute atomic E-state index is 0.312. The number of carbonyl (C=O) groups is 1. The van der Waals surface area contributed by atoms with E-state index in [0.29, 0.717) is 26.1 Å². The van der Waals surface area contributed by atoms with Crippen LogP contribution in [0.3, 0.4) is 0 Å². The first-order valence-corrected chi connectivity index (χ1v) is 7.90. The normalized spacial score (nSPS) is 19.7. The molecule has 0 atom stereocenters. The Kier molecular flexibility index (Phi) is 4.42. The van der Waals surface area contributed by atoms with E-state index in [9.17, 15) is 13.2 Å². The lowest BCUT2D eigenvalue weighted by Gasteiger charge is -2.34.